The molecule has 1 heterocycles. The first-order valence-electron chi connectivity index (χ1n) is 6.11. The van der Waals surface area contributed by atoms with Gasteiger partial charge in [0, 0.05) is 24.5 Å². The highest BCUT2D eigenvalue weighted by atomic mass is 32.2. The smallest absolute Gasteiger partial charge is 0.250 e. The van der Waals surface area contributed by atoms with Crippen LogP contribution in [0.2, 0.25) is 0 Å². The first-order valence-corrected chi connectivity index (χ1v) is 7.93. The number of nitrogen functional groups attached to an aromatic ring is 1. The van der Waals surface area contributed by atoms with Gasteiger partial charge in [-0.2, -0.15) is 0 Å². The number of hydrogen-bond donors (Lipinski definition) is 1. The summed E-state index contributed by atoms with van der Waals surface area (Å²) < 4.78 is 24.7. The molecule has 0 amide bonds. The minimum Gasteiger partial charge on any atom is -0.398 e. The van der Waals surface area contributed by atoms with Crippen LogP contribution < -0.4 is 11.3 Å². The molecule has 0 unspecified atom stereocenters. The number of rotatable bonds is 7. The average molecular weight is 272 g/mol. The molecule has 2 N–H and O–H groups in total. The first kappa shape index (κ1) is 14.8. The van der Waals surface area contributed by atoms with Crippen LogP contribution in [0, 0.1) is 0 Å². The van der Waals surface area contributed by atoms with Crippen molar-refractivity contribution >= 4 is 15.5 Å². The second kappa shape index (κ2) is 6.58. The molecule has 0 aromatic carbocycles. The Balaban J connectivity index is 2.51. The minimum absolute atomic E-state index is 0.119. The largest absolute Gasteiger partial charge is 0.398 e. The number of pyridine rings is 1. The van der Waals surface area contributed by atoms with E-state index in [2.05, 4.69) is 0 Å². The molecule has 102 valence electrons. The summed E-state index contributed by atoms with van der Waals surface area (Å²) in [4.78, 5) is 11.5. The number of anilines is 1. The van der Waals surface area contributed by atoms with Crippen LogP contribution in [0.5, 0.6) is 0 Å². The molecule has 1 rings (SSSR count). The van der Waals surface area contributed by atoms with Crippen molar-refractivity contribution < 1.29 is 8.42 Å². The minimum atomic E-state index is -2.98. The van der Waals surface area contributed by atoms with E-state index in [1.807, 2.05) is 6.92 Å². The molecule has 6 heteroatoms. The van der Waals surface area contributed by atoms with E-state index in [9.17, 15) is 13.2 Å². The van der Waals surface area contributed by atoms with Gasteiger partial charge in [-0.05, 0) is 18.9 Å². The van der Waals surface area contributed by atoms with Gasteiger partial charge >= 0.3 is 0 Å². The molecule has 0 atom stereocenters. The summed E-state index contributed by atoms with van der Waals surface area (Å²) in [6.45, 7) is 2.34. The van der Waals surface area contributed by atoms with Gasteiger partial charge in [-0.25, -0.2) is 8.42 Å². The molecule has 18 heavy (non-hydrogen) atoms. The highest BCUT2D eigenvalue weighted by molar-refractivity contribution is 7.91. The Morgan fingerprint density at radius 1 is 1.22 bits per heavy atom. The van der Waals surface area contributed by atoms with Gasteiger partial charge in [0.05, 0.1) is 11.5 Å². The predicted molar refractivity (Wildman–Crippen MR) is 73.3 cm³/mol. The average Bonchev–Trinajstić information content (AvgIpc) is 2.31. The number of hydrogen-bond acceptors (Lipinski definition) is 4. The molecule has 0 saturated heterocycles. The van der Waals surface area contributed by atoms with Crippen LogP contribution in [0.25, 0.3) is 0 Å². The Morgan fingerprint density at radius 2 is 1.89 bits per heavy atom. The fourth-order valence-electron chi connectivity index (χ4n) is 1.65. The van der Waals surface area contributed by atoms with E-state index in [1.165, 1.54) is 16.7 Å². The lowest BCUT2D eigenvalue weighted by Gasteiger charge is -2.07. The van der Waals surface area contributed by atoms with Gasteiger partial charge in [0.1, 0.15) is 9.84 Å². The summed E-state index contributed by atoms with van der Waals surface area (Å²) in [6, 6.07) is 2.93. The van der Waals surface area contributed by atoms with Gasteiger partial charge in [-0.15, -0.1) is 0 Å². The van der Waals surface area contributed by atoms with Gasteiger partial charge in [0.25, 0.3) is 5.56 Å². The van der Waals surface area contributed by atoms with E-state index in [0.29, 0.717) is 25.1 Å². The van der Waals surface area contributed by atoms with Crippen molar-refractivity contribution in [1.82, 2.24) is 4.57 Å². The van der Waals surface area contributed by atoms with Crippen molar-refractivity contribution in [3.05, 3.63) is 28.7 Å². The van der Waals surface area contributed by atoms with Crippen LogP contribution in [0.15, 0.2) is 23.1 Å². The van der Waals surface area contributed by atoms with E-state index >= 15 is 0 Å². The molecule has 0 saturated carbocycles. The lowest BCUT2D eigenvalue weighted by Crippen LogP contribution is -2.21. The van der Waals surface area contributed by atoms with Crippen LogP contribution >= 0.6 is 0 Å². The highest BCUT2D eigenvalue weighted by Crippen LogP contribution is 2.02. The van der Waals surface area contributed by atoms with E-state index in [1.54, 1.807) is 6.20 Å². The van der Waals surface area contributed by atoms with Gasteiger partial charge < -0.3 is 10.3 Å². The Hall–Kier alpha value is -1.30. The maximum absolute atomic E-state index is 11.6. The third-order valence-corrected chi connectivity index (χ3v) is 4.49. The Bertz CT molecular complexity index is 534. The molecular formula is C12H20N2O3S. The fourth-order valence-corrected chi connectivity index (χ4v) is 3.15. The quantitative estimate of drug-likeness (QED) is 0.804. The van der Waals surface area contributed by atoms with E-state index in [-0.39, 0.29) is 17.1 Å². The Labute approximate surface area is 108 Å². The topological polar surface area (TPSA) is 82.2 Å². The maximum Gasteiger partial charge on any atom is 0.250 e. The zero-order valence-corrected chi connectivity index (χ0v) is 11.4. The molecule has 0 radical (unpaired) electrons. The summed E-state index contributed by atoms with van der Waals surface area (Å²) in [7, 11) is -2.98. The van der Waals surface area contributed by atoms with Gasteiger partial charge in [-0.1, -0.05) is 13.3 Å². The van der Waals surface area contributed by atoms with E-state index in [0.717, 1.165) is 6.42 Å². The van der Waals surface area contributed by atoms with Crippen molar-refractivity contribution in [2.24, 2.45) is 0 Å². The number of aryl methyl sites for hydroxylation is 1. The predicted octanol–water partition coefficient (Wildman–Crippen LogP) is 1.04. The fraction of sp³-hybridized carbons (Fsp3) is 0.583. The first-order chi connectivity index (χ1) is 8.44. The van der Waals surface area contributed by atoms with Gasteiger partial charge in [0.2, 0.25) is 0 Å². The molecule has 0 bridgehead atoms. The summed E-state index contributed by atoms with van der Waals surface area (Å²) in [6.07, 6.45) is 3.55. The third-order valence-electron chi connectivity index (χ3n) is 2.67. The monoisotopic (exact) mass is 272 g/mol. The summed E-state index contributed by atoms with van der Waals surface area (Å²) in [5.74, 6) is 0.351. The maximum atomic E-state index is 11.6. The van der Waals surface area contributed by atoms with E-state index in [4.69, 9.17) is 5.73 Å². The zero-order chi connectivity index (χ0) is 13.6. The van der Waals surface area contributed by atoms with Crippen molar-refractivity contribution in [2.45, 2.75) is 32.7 Å². The molecule has 0 aliphatic rings. The summed E-state index contributed by atoms with van der Waals surface area (Å²) in [5.41, 5.74) is 5.92. The lowest BCUT2D eigenvalue weighted by atomic mass is 10.4. The molecule has 0 aliphatic heterocycles. The Kier molecular flexibility index (Phi) is 5.40. The second-order valence-corrected chi connectivity index (χ2v) is 6.66. The zero-order valence-electron chi connectivity index (χ0n) is 10.6. The molecule has 1 aromatic rings. The highest BCUT2D eigenvalue weighted by Gasteiger charge is 2.09. The van der Waals surface area contributed by atoms with Crippen LogP contribution in [0.4, 0.5) is 5.69 Å². The molecule has 1 aromatic heterocycles. The van der Waals surface area contributed by atoms with Crippen molar-refractivity contribution in [3.63, 3.8) is 0 Å². The van der Waals surface area contributed by atoms with Crippen molar-refractivity contribution in [2.75, 3.05) is 17.2 Å². The third kappa shape index (κ3) is 4.91. The van der Waals surface area contributed by atoms with Crippen LogP contribution in [0.1, 0.15) is 26.2 Å². The molecule has 0 aliphatic carbocycles. The SMILES string of the molecule is CCCCS(=O)(=O)CCCn1cc(N)ccc1=O. The molecule has 0 fully saturated rings. The van der Waals surface area contributed by atoms with Gasteiger partial charge in [0.15, 0.2) is 0 Å². The van der Waals surface area contributed by atoms with Crippen LogP contribution in [0.3, 0.4) is 0 Å². The summed E-state index contributed by atoms with van der Waals surface area (Å²) >= 11 is 0. The normalized spacial score (nSPS) is 11.6. The van der Waals surface area contributed by atoms with Crippen molar-refractivity contribution in [3.8, 4) is 0 Å². The molecule has 5 nitrogen and oxygen atoms in total. The van der Waals surface area contributed by atoms with E-state index < -0.39 is 9.84 Å². The molecular weight excluding hydrogens is 252 g/mol. The Morgan fingerprint density at radius 3 is 2.56 bits per heavy atom. The summed E-state index contributed by atoms with van der Waals surface area (Å²) in [5, 5.41) is 0. The van der Waals surface area contributed by atoms with Crippen LogP contribution in [-0.2, 0) is 16.4 Å². The standard InChI is InChI=1S/C12H20N2O3S/c1-2-3-8-18(16,17)9-4-7-14-10-11(13)5-6-12(14)15/h5-6,10H,2-4,7-9,13H2,1H3. The van der Waals surface area contributed by atoms with Gasteiger partial charge in [-0.3, -0.25) is 4.79 Å². The lowest BCUT2D eigenvalue weighted by molar-refractivity contribution is 0.581. The number of nitrogens with two attached hydrogens (primary N) is 1. The number of aromatic nitrogens is 1. The van der Waals surface area contributed by atoms with Crippen LogP contribution in [-0.4, -0.2) is 24.5 Å². The molecule has 0 spiro atoms. The second-order valence-electron chi connectivity index (χ2n) is 4.35. The number of sulfone groups is 1. The van der Waals surface area contributed by atoms with Crippen molar-refractivity contribution in [1.29, 1.82) is 0 Å². The number of unbranched alkanes of at least 4 members (excludes halogenated alkanes) is 1. The number of nitrogens with zero attached hydrogens (tertiary/aromatic N) is 1.